The number of halogens is 1. The molecule has 2 rings (SSSR count). The van der Waals surface area contributed by atoms with Gasteiger partial charge in [0.15, 0.2) is 0 Å². The lowest BCUT2D eigenvalue weighted by Gasteiger charge is -2.28. The molecule has 1 aromatic heterocycles. The molecule has 0 radical (unpaired) electrons. The van der Waals surface area contributed by atoms with Gasteiger partial charge in [0, 0.05) is 18.2 Å². The van der Waals surface area contributed by atoms with Gasteiger partial charge in [-0.3, -0.25) is 4.68 Å². The number of aromatic nitrogens is 2. The zero-order valence-electron chi connectivity index (χ0n) is 12.4. The normalized spacial score (nSPS) is 28.4. The van der Waals surface area contributed by atoms with E-state index in [1.54, 1.807) is 4.68 Å². The van der Waals surface area contributed by atoms with Crippen LogP contribution in [0.2, 0.25) is 5.15 Å². The fourth-order valence-corrected chi connectivity index (χ4v) is 3.56. The Morgan fingerprint density at radius 1 is 1.42 bits per heavy atom. The first-order valence-corrected chi connectivity index (χ1v) is 7.80. The van der Waals surface area contributed by atoms with Crippen LogP contribution in [0.15, 0.2) is 0 Å². The van der Waals surface area contributed by atoms with Gasteiger partial charge < -0.3 is 5.73 Å². The molecule has 2 unspecified atom stereocenters. The van der Waals surface area contributed by atoms with E-state index in [0.717, 1.165) is 41.6 Å². The number of nitrogens with zero attached hydrogens (tertiary/aromatic N) is 2. The van der Waals surface area contributed by atoms with E-state index >= 15 is 0 Å². The second kappa shape index (κ2) is 5.84. The summed E-state index contributed by atoms with van der Waals surface area (Å²) in [4.78, 5) is 0. The van der Waals surface area contributed by atoms with Gasteiger partial charge in [-0.05, 0) is 38.5 Å². The second-order valence-electron chi connectivity index (χ2n) is 6.22. The van der Waals surface area contributed by atoms with Crippen molar-refractivity contribution in [3.63, 3.8) is 0 Å². The molecule has 2 atom stereocenters. The van der Waals surface area contributed by atoms with Gasteiger partial charge in [0.25, 0.3) is 0 Å². The molecular formula is C15H26ClN3. The average molecular weight is 284 g/mol. The number of aryl methyl sites for hydroxylation is 2. The summed E-state index contributed by atoms with van der Waals surface area (Å²) in [6, 6.07) is 0. The van der Waals surface area contributed by atoms with E-state index in [1.807, 2.05) is 14.0 Å². The van der Waals surface area contributed by atoms with E-state index in [9.17, 15) is 0 Å². The van der Waals surface area contributed by atoms with Crippen molar-refractivity contribution in [1.82, 2.24) is 9.78 Å². The first-order valence-electron chi connectivity index (χ1n) is 7.42. The molecule has 1 saturated carbocycles. The van der Waals surface area contributed by atoms with Gasteiger partial charge in [0.1, 0.15) is 5.15 Å². The number of nitrogens with two attached hydrogens (primary N) is 1. The van der Waals surface area contributed by atoms with Crippen molar-refractivity contribution in [1.29, 1.82) is 0 Å². The summed E-state index contributed by atoms with van der Waals surface area (Å²) in [5.41, 5.74) is 8.73. The molecule has 0 aromatic carbocycles. The quantitative estimate of drug-likeness (QED) is 0.861. The smallest absolute Gasteiger partial charge is 0.130 e. The Balaban J connectivity index is 2.12. The minimum absolute atomic E-state index is 0.0959. The Morgan fingerprint density at radius 3 is 2.74 bits per heavy atom. The van der Waals surface area contributed by atoms with Crippen LogP contribution < -0.4 is 5.73 Å². The van der Waals surface area contributed by atoms with Crippen LogP contribution in [0.3, 0.4) is 0 Å². The molecule has 3 nitrogen and oxygen atoms in total. The summed E-state index contributed by atoms with van der Waals surface area (Å²) in [5.74, 6) is 0.857. The van der Waals surface area contributed by atoms with Crippen molar-refractivity contribution in [3.8, 4) is 0 Å². The van der Waals surface area contributed by atoms with Gasteiger partial charge in [0.2, 0.25) is 0 Å². The van der Waals surface area contributed by atoms with Crippen LogP contribution in [-0.2, 0) is 13.5 Å². The first kappa shape index (κ1) is 14.9. The predicted molar refractivity (Wildman–Crippen MR) is 80.4 cm³/mol. The third-order valence-electron chi connectivity index (χ3n) is 4.71. The molecule has 1 aliphatic rings. The highest BCUT2D eigenvalue weighted by atomic mass is 35.5. The van der Waals surface area contributed by atoms with Gasteiger partial charge in [0.05, 0.1) is 5.69 Å². The van der Waals surface area contributed by atoms with Crippen molar-refractivity contribution in [2.75, 3.05) is 0 Å². The second-order valence-corrected chi connectivity index (χ2v) is 6.58. The summed E-state index contributed by atoms with van der Waals surface area (Å²) in [5, 5.41) is 5.14. The number of hydrogen-bond acceptors (Lipinski definition) is 2. The Morgan fingerprint density at radius 2 is 2.16 bits per heavy atom. The molecule has 1 fully saturated rings. The van der Waals surface area contributed by atoms with Crippen LogP contribution >= 0.6 is 11.6 Å². The summed E-state index contributed by atoms with van der Waals surface area (Å²) in [6.45, 7) is 4.31. The summed E-state index contributed by atoms with van der Waals surface area (Å²) < 4.78 is 1.75. The van der Waals surface area contributed by atoms with Crippen molar-refractivity contribution in [2.45, 2.75) is 64.3 Å². The topological polar surface area (TPSA) is 43.8 Å². The molecule has 19 heavy (non-hydrogen) atoms. The van der Waals surface area contributed by atoms with Crippen LogP contribution in [0.5, 0.6) is 0 Å². The molecule has 1 heterocycles. The maximum atomic E-state index is 6.66. The van der Waals surface area contributed by atoms with Crippen LogP contribution in [-0.4, -0.2) is 15.3 Å². The van der Waals surface area contributed by atoms with Crippen LogP contribution in [0.4, 0.5) is 0 Å². The van der Waals surface area contributed by atoms with Gasteiger partial charge >= 0.3 is 0 Å². The molecule has 108 valence electrons. The van der Waals surface area contributed by atoms with E-state index in [2.05, 4.69) is 12.0 Å². The monoisotopic (exact) mass is 283 g/mol. The number of hydrogen-bond donors (Lipinski definition) is 1. The molecule has 1 aliphatic carbocycles. The summed E-state index contributed by atoms with van der Waals surface area (Å²) >= 11 is 6.34. The van der Waals surface area contributed by atoms with Crippen molar-refractivity contribution in [3.05, 3.63) is 16.4 Å². The molecular weight excluding hydrogens is 258 g/mol. The minimum atomic E-state index is -0.0959. The minimum Gasteiger partial charge on any atom is -0.325 e. The first-order chi connectivity index (χ1) is 8.95. The van der Waals surface area contributed by atoms with Gasteiger partial charge in [-0.25, -0.2) is 0 Å². The Bertz CT molecular complexity index is 441. The molecule has 0 aliphatic heterocycles. The van der Waals surface area contributed by atoms with Gasteiger partial charge in [-0.2, -0.15) is 5.10 Å². The van der Waals surface area contributed by atoms with E-state index in [0.29, 0.717) is 0 Å². The third kappa shape index (κ3) is 3.32. The van der Waals surface area contributed by atoms with E-state index in [1.165, 1.54) is 25.7 Å². The van der Waals surface area contributed by atoms with Crippen LogP contribution in [0.25, 0.3) is 0 Å². The molecule has 0 bridgehead atoms. The Kier molecular flexibility index (Phi) is 4.57. The summed E-state index contributed by atoms with van der Waals surface area (Å²) in [7, 11) is 1.89. The molecule has 1 aromatic rings. The molecule has 4 heteroatoms. The fourth-order valence-electron chi connectivity index (χ4n) is 3.32. The molecule has 0 spiro atoms. The zero-order valence-corrected chi connectivity index (χ0v) is 13.1. The summed E-state index contributed by atoms with van der Waals surface area (Å²) in [6.07, 6.45) is 8.18. The van der Waals surface area contributed by atoms with Crippen LogP contribution in [0, 0.1) is 12.8 Å². The van der Waals surface area contributed by atoms with Crippen molar-refractivity contribution < 1.29 is 0 Å². The highest BCUT2D eigenvalue weighted by Gasteiger charge is 2.31. The standard InChI is InChI=1S/C15H26ClN3/c1-4-12-6-5-8-15(17,9-7-12)10-13-11(2)18-19(3)14(13)16/h12H,4-10,17H2,1-3H3. The average Bonchev–Trinajstić information content (AvgIpc) is 2.56. The molecule has 0 saturated heterocycles. The largest absolute Gasteiger partial charge is 0.325 e. The lowest BCUT2D eigenvalue weighted by molar-refractivity contribution is 0.358. The molecule has 2 N–H and O–H groups in total. The lowest BCUT2D eigenvalue weighted by atomic mass is 9.84. The lowest BCUT2D eigenvalue weighted by Crippen LogP contribution is -2.41. The highest BCUT2D eigenvalue weighted by Crippen LogP contribution is 2.34. The predicted octanol–water partition coefficient (Wildman–Crippen LogP) is 3.61. The van der Waals surface area contributed by atoms with Gasteiger partial charge in [-0.1, -0.05) is 37.8 Å². The van der Waals surface area contributed by atoms with E-state index < -0.39 is 0 Å². The SMILES string of the molecule is CCC1CCCC(N)(Cc2c(C)nn(C)c2Cl)CC1. The zero-order chi connectivity index (χ0) is 14.0. The van der Waals surface area contributed by atoms with Gasteiger partial charge in [-0.15, -0.1) is 0 Å². The maximum absolute atomic E-state index is 6.66. The third-order valence-corrected chi connectivity index (χ3v) is 5.19. The van der Waals surface area contributed by atoms with E-state index in [4.69, 9.17) is 17.3 Å². The number of rotatable bonds is 3. The van der Waals surface area contributed by atoms with E-state index in [-0.39, 0.29) is 5.54 Å². The molecule has 0 amide bonds. The fraction of sp³-hybridized carbons (Fsp3) is 0.800. The maximum Gasteiger partial charge on any atom is 0.130 e. The Labute approximate surface area is 121 Å². The highest BCUT2D eigenvalue weighted by molar-refractivity contribution is 6.30. The van der Waals surface area contributed by atoms with Crippen molar-refractivity contribution in [2.24, 2.45) is 18.7 Å². The van der Waals surface area contributed by atoms with Crippen molar-refractivity contribution >= 4 is 11.6 Å². The Hall–Kier alpha value is -0.540. The van der Waals surface area contributed by atoms with Crippen LogP contribution in [0.1, 0.15) is 56.7 Å².